The molecule has 0 fully saturated rings. The summed E-state index contributed by atoms with van der Waals surface area (Å²) >= 11 is 0. The van der Waals surface area contributed by atoms with Crippen molar-refractivity contribution in [2.24, 2.45) is 0 Å². The van der Waals surface area contributed by atoms with Crippen LogP contribution >= 0.6 is 0 Å². The molecular weight excluding hydrogens is 372 g/mol. The number of benzene rings is 4. The topological polar surface area (TPSA) is 38.7 Å². The highest BCUT2D eigenvalue weighted by Gasteiger charge is 2.25. The highest BCUT2D eigenvalue weighted by Crippen LogP contribution is 2.32. The molecule has 0 bridgehead atoms. The molecule has 30 heavy (non-hydrogen) atoms. The zero-order chi connectivity index (χ0) is 21.0. The normalized spacial score (nSPS) is 12.8. The highest BCUT2D eigenvalue weighted by atomic mass is 16.5. The molecule has 0 aliphatic heterocycles. The van der Waals surface area contributed by atoms with Crippen molar-refractivity contribution in [3.63, 3.8) is 0 Å². The van der Waals surface area contributed by atoms with E-state index in [1.807, 2.05) is 103 Å². The van der Waals surface area contributed by atoms with Gasteiger partial charge in [0.15, 0.2) is 0 Å². The number of hydrogen-bond acceptors (Lipinski definition) is 3. The molecule has 1 N–H and O–H groups in total. The fourth-order valence-corrected chi connectivity index (χ4v) is 3.41. The lowest BCUT2D eigenvalue weighted by Gasteiger charge is -2.24. The van der Waals surface area contributed by atoms with E-state index in [9.17, 15) is 5.11 Å². The Morgan fingerprint density at radius 1 is 0.567 bits per heavy atom. The quantitative estimate of drug-likeness (QED) is 0.409. The molecule has 4 rings (SSSR count). The van der Waals surface area contributed by atoms with Crippen LogP contribution in [0.2, 0.25) is 0 Å². The number of rotatable bonds is 6. The van der Waals surface area contributed by atoms with Crippen LogP contribution in [0.15, 0.2) is 103 Å². The Morgan fingerprint density at radius 2 is 1.00 bits per heavy atom. The standard InChI is InChI=1S/C27H24O3/c1-27(28,22-6-4-3-5-7-22)23-12-18-26(19-13-23)30-25-16-10-21(11-17-25)20-8-14-24(29-2)15-9-20/h3-19,28H,1-2H3. The molecule has 1 unspecified atom stereocenters. The van der Waals surface area contributed by atoms with Gasteiger partial charge in [-0.2, -0.15) is 0 Å². The lowest BCUT2D eigenvalue weighted by atomic mass is 9.88. The predicted octanol–water partition coefficient (Wildman–Crippen LogP) is 6.41. The predicted molar refractivity (Wildman–Crippen MR) is 120 cm³/mol. The first kappa shape index (κ1) is 19.7. The van der Waals surface area contributed by atoms with Gasteiger partial charge in [-0.05, 0) is 65.6 Å². The molecule has 0 aliphatic rings. The van der Waals surface area contributed by atoms with Gasteiger partial charge in [-0.25, -0.2) is 0 Å². The average Bonchev–Trinajstić information content (AvgIpc) is 2.81. The second-order valence-corrected chi connectivity index (χ2v) is 7.32. The third kappa shape index (κ3) is 4.22. The lowest BCUT2D eigenvalue weighted by Crippen LogP contribution is -2.22. The van der Waals surface area contributed by atoms with Crippen LogP contribution in [0.4, 0.5) is 0 Å². The third-order valence-corrected chi connectivity index (χ3v) is 5.27. The number of aliphatic hydroxyl groups is 1. The Balaban J connectivity index is 1.47. The fourth-order valence-electron chi connectivity index (χ4n) is 3.41. The molecule has 0 heterocycles. The smallest absolute Gasteiger partial charge is 0.127 e. The van der Waals surface area contributed by atoms with Crippen molar-refractivity contribution in [2.75, 3.05) is 7.11 Å². The summed E-state index contributed by atoms with van der Waals surface area (Å²) in [5.74, 6) is 2.32. The Bertz CT molecular complexity index is 1080. The maximum Gasteiger partial charge on any atom is 0.127 e. The van der Waals surface area contributed by atoms with Gasteiger partial charge in [-0.1, -0.05) is 66.7 Å². The van der Waals surface area contributed by atoms with E-state index in [0.29, 0.717) is 0 Å². The minimum Gasteiger partial charge on any atom is -0.497 e. The van der Waals surface area contributed by atoms with Gasteiger partial charge in [-0.15, -0.1) is 0 Å². The molecule has 4 aromatic carbocycles. The van der Waals surface area contributed by atoms with Crippen LogP contribution in [0, 0.1) is 0 Å². The van der Waals surface area contributed by atoms with E-state index < -0.39 is 5.60 Å². The van der Waals surface area contributed by atoms with Crippen molar-refractivity contribution in [3.8, 4) is 28.4 Å². The van der Waals surface area contributed by atoms with Gasteiger partial charge in [0, 0.05) is 0 Å². The summed E-state index contributed by atoms with van der Waals surface area (Å²) in [6.45, 7) is 1.80. The van der Waals surface area contributed by atoms with Crippen molar-refractivity contribution in [2.45, 2.75) is 12.5 Å². The zero-order valence-electron chi connectivity index (χ0n) is 17.1. The van der Waals surface area contributed by atoms with Crippen molar-refractivity contribution < 1.29 is 14.6 Å². The summed E-state index contributed by atoms with van der Waals surface area (Å²) in [7, 11) is 1.66. The van der Waals surface area contributed by atoms with E-state index in [1.165, 1.54) is 0 Å². The Kier molecular flexibility index (Phi) is 5.55. The minimum absolute atomic E-state index is 0.722. The van der Waals surface area contributed by atoms with Crippen LogP contribution in [-0.2, 0) is 5.60 Å². The summed E-state index contributed by atoms with van der Waals surface area (Å²) in [5, 5.41) is 11.0. The highest BCUT2D eigenvalue weighted by molar-refractivity contribution is 5.65. The number of hydrogen-bond donors (Lipinski definition) is 1. The van der Waals surface area contributed by atoms with E-state index in [-0.39, 0.29) is 0 Å². The van der Waals surface area contributed by atoms with Crippen LogP contribution in [0.25, 0.3) is 11.1 Å². The summed E-state index contributed by atoms with van der Waals surface area (Å²) < 4.78 is 11.2. The molecular formula is C27H24O3. The van der Waals surface area contributed by atoms with E-state index >= 15 is 0 Å². The van der Waals surface area contributed by atoms with Gasteiger partial charge >= 0.3 is 0 Å². The van der Waals surface area contributed by atoms with Gasteiger partial charge < -0.3 is 14.6 Å². The van der Waals surface area contributed by atoms with Gasteiger partial charge in [0.05, 0.1) is 7.11 Å². The molecule has 0 saturated carbocycles. The SMILES string of the molecule is COc1ccc(-c2ccc(Oc3ccc(C(C)(O)c4ccccc4)cc3)cc2)cc1. The maximum absolute atomic E-state index is 11.0. The Morgan fingerprint density at radius 3 is 1.50 bits per heavy atom. The largest absolute Gasteiger partial charge is 0.497 e. The molecule has 0 aliphatic carbocycles. The lowest BCUT2D eigenvalue weighted by molar-refractivity contribution is 0.102. The Labute approximate surface area is 177 Å². The summed E-state index contributed by atoms with van der Waals surface area (Å²) in [4.78, 5) is 0. The minimum atomic E-state index is -1.06. The molecule has 4 aromatic rings. The molecule has 0 aromatic heterocycles. The van der Waals surface area contributed by atoms with Gasteiger partial charge in [0.25, 0.3) is 0 Å². The van der Waals surface area contributed by atoms with Crippen LogP contribution in [0.1, 0.15) is 18.1 Å². The second-order valence-electron chi connectivity index (χ2n) is 7.32. The number of ether oxygens (including phenoxy) is 2. The van der Waals surface area contributed by atoms with E-state index in [2.05, 4.69) is 0 Å². The first-order chi connectivity index (χ1) is 14.6. The summed E-state index contributed by atoms with van der Waals surface area (Å²) in [6, 6.07) is 33.1. The molecule has 0 amide bonds. The summed E-state index contributed by atoms with van der Waals surface area (Å²) in [6.07, 6.45) is 0. The monoisotopic (exact) mass is 396 g/mol. The Hall–Kier alpha value is -3.56. The second kappa shape index (κ2) is 8.44. The zero-order valence-corrected chi connectivity index (χ0v) is 17.1. The first-order valence-electron chi connectivity index (χ1n) is 9.87. The molecule has 0 spiro atoms. The first-order valence-corrected chi connectivity index (χ1v) is 9.87. The van der Waals surface area contributed by atoms with E-state index in [0.717, 1.165) is 39.5 Å². The molecule has 3 heteroatoms. The van der Waals surface area contributed by atoms with Crippen molar-refractivity contribution >= 4 is 0 Å². The van der Waals surface area contributed by atoms with E-state index in [1.54, 1.807) is 14.0 Å². The molecule has 0 saturated heterocycles. The maximum atomic E-state index is 11.0. The molecule has 0 radical (unpaired) electrons. The molecule has 3 nitrogen and oxygen atoms in total. The van der Waals surface area contributed by atoms with Crippen LogP contribution < -0.4 is 9.47 Å². The number of methoxy groups -OCH3 is 1. The van der Waals surface area contributed by atoms with Crippen LogP contribution in [0.5, 0.6) is 17.2 Å². The average molecular weight is 396 g/mol. The van der Waals surface area contributed by atoms with Crippen molar-refractivity contribution in [1.29, 1.82) is 0 Å². The van der Waals surface area contributed by atoms with Crippen molar-refractivity contribution in [1.82, 2.24) is 0 Å². The molecule has 1 atom stereocenters. The van der Waals surface area contributed by atoms with Crippen LogP contribution in [0.3, 0.4) is 0 Å². The van der Waals surface area contributed by atoms with Gasteiger partial charge in [0.2, 0.25) is 0 Å². The van der Waals surface area contributed by atoms with Crippen LogP contribution in [-0.4, -0.2) is 12.2 Å². The van der Waals surface area contributed by atoms with E-state index in [4.69, 9.17) is 9.47 Å². The fraction of sp³-hybridized carbons (Fsp3) is 0.111. The summed E-state index contributed by atoms with van der Waals surface area (Å²) in [5.41, 5.74) is 2.84. The third-order valence-electron chi connectivity index (χ3n) is 5.27. The van der Waals surface area contributed by atoms with Crippen molar-refractivity contribution in [3.05, 3.63) is 114 Å². The molecule has 150 valence electrons. The van der Waals surface area contributed by atoms with Gasteiger partial charge in [0.1, 0.15) is 22.8 Å². The van der Waals surface area contributed by atoms with Gasteiger partial charge in [-0.3, -0.25) is 0 Å².